The summed E-state index contributed by atoms with van der Waals surface area (Å²) in [5.74, 6) is -3.37. The van der Waals surface area contributed by atoms with E-state index in [2.05, 4.69) is 26.1 Å². The number of carbonyl (C=O) groups is 3. The van der Waals surface area contributed by atoms with Crippen molar-refractivity contribution in [2.45, 2.75) is 6.17 Å². The quantitative estimate of drug-likeness (QED) is 0.402. The summed E-state index contributed by atoms with van der Waals surface area (Å²) in [6, 6.07) is 0. The second-order valence-electron chi connectivity index (χ2n) is 4.04. The van der Waals surface area contributed by atoms with Crippen LogP contribution in [-0.4, -0.2) is 45.6 Å². The van der Waals surface area contributed by atoms with E-state index in [-0.39, 0.29) is 12.2 Å². The van der Waals surface area contributed by atoms with E-state index in [0.717, 1.165) is 0 Å². The topological polar surface area (TPSA) is 159 Å². The molecule has 0 saturated carbocycles. The van der Waals surface area contributed by atoms with Gasteiger partial charge in [-0.1, -0.05) is 0 Å². The third-order valence-electron chi connectivity index (χ3n) is 2.75. The van der Waals surface area contributed by atoms with Gasteiger partial charge in [-0.05, 0) is 0 Å². The first-order valence-corrected chi connectivity index (χ1v) is 5.63. The van der Waals surface area contributed by atoms with Crippen molar-refractivity contribution < 1.29 is 19.5 Å². The summed E-state index contributed by atoms with van der Waals surface area (Å²) >= 11 is 0. The number of primary amides is 1. The first-order chi connectivity index (χ1) is 9.50. The third-order valence-corrected chi connectivity index (χ3v) is 2.75. The SMILES string of the molecule is NC(=O)C1CNNC1NC(=O)c1nccnc1C(=O)O. The number of nitrogens with zero attached hydrogens (tertiary/aromatic N) is 2. The van der Waals surface area contributed by atoms with Crippen molar-refractivity contribution in [3.05, 3.63) is 23.8 Å². The predicted octanol–water partition coefficient (Wildman–Crippen LogP) is -2.56. The van der Waals surface area contributed by atoms with E-state index in [9.17, 15) is 14.4 Å². The molecule has 1 fully saturated rings. The summed E-state index contributed by atoms with van der Waals surface area (Å²) in [4.78, 5) is 41.4. The smallest absolute Gasteiger partial charge is 0.356 e. The standard InChI is InChI=1S/C10H12N6O4/c11-7(17)4-3-14-16-8(4)15-9(18)5-6(10(19)20)13-2-1-12-5/h1-2,4,8,14,16H,3H2,(H2,11,17)(H,15,18)(H,19,20). The van der Waals surface area contributed by atoms with E-state index in [4.69, 9.17) is 10.8 Å². The average Bonchev–Trinajstić information content (AvgIpc) is 2.87. The van der Waals surface area contributed by atoms with Gasteiger partial charge in [0.25, 0.3) is 5.91 Å². The minimum absolute atomic E-state index is 0.256. The van der Waals surface area contributed by atoms with Crippen LogP contribution in [0.25, 0.3) is 0 Å². The second-order valence-corrected chi connectivity index (χ2v) is 4.04. The molecule has 2 atom stereocenters. The molecule has 0 spiro atoms. The van der Waals surface area contributed by atoms with Crippen LogP contribution in [0.1, 0.15) is 21.0 Å². The van der Waals surface area contributed by atoms with Gasteiger partial charge in [0.1, 0.15) is 6.17 Å². The van der Waals surface area contributed by atoms with Gasteiger partial charge >= 0.3 is 5.97 Å². The minimum atomic E-state index is -1.37. The highest BCUT2D eigenvalue weighted by molar-refractivity contribution is 6.02. The van der Waals surface area contributed by atoms with Crippen LogP contribution in [-0.2, 0) is 4.79 Å². The fourth-order valence-electron chi connectivity index (χ4n) is 1.77. The third kappa shape index (κ3) is 2.70. The van der Waals surface area contributed by atoms with Gasteiger partial charge in [0.05, 0.1) is 5.92 Å². The maximum atomic E-state index is 12.0. The molecule has 1 aromatic heterocycles. The molecule has 2 rings (SSSR count). The largest absolute Gasteiger partial charge is 0.476 e. The highest BCUT2D eigenvalue weighted by Gasteiger charge is 2.33. The molecule has 6 N–H and O–H groups in total. The van der Waals surface area contributed by atoms with Gasteiger partial charge in [-0.25, -0.2) is 20.2 Å². The number of nitrogens with two attached hydrogens (primary N) is 1. The van der Waals surface area contributed by atoms with Crippen LogP contribution in [0.3, 0.4) is 0 Å². The second kappa shape index (κ2) is 5.59. The lowest BCUT2D eigenvalue weighted by Crippen LogP contribution is -2.50. The molecule has 106 valence electrons. The molecule has 2 unspecified atom stereocenters. The van der Waals surface area contributed by atoms with Crippen molar-refractivity contribution in [2.75, 3.05) is 6.54 Å². The molecule has 1 saturated heterocycles. The summed E-state index contributed by atoms with van der Waals surface area (Å²) in [6.07, 6.45) is 1.62. The molecule has 0 aromatic carbocycles. The zero-order valence-corrected chi connectivity index (χ0v) is 10.2. The molecule has 10 heteroatoms. The number of carboxylic acids is 1. The number of carboxylic acid groups (broad SMARTS) is 1. The number of aromatic nitrogens is 2. The number of rotatable bonds is 4. The van der Waals surface area contributed by atoms with Crippen LogP contribution in [0.5, 0.6) is 0 Å². The van der Waals surface area contributed by atoms with Crippen LogP contribution in [0, 0.1) is 5.92 Å². The number of carbonyl (C=O) groups excluding carboxylic acids is 2. The summed E-state index contributed by atoms with van der Waals surface area (Å²) < 4.78 is 0. The first-order valence-electron chi connectivity index (χ1n) is 5.63. The Morgan fingerprint density at radius 2 is 1.95 bits per heavy atom. The summed E-state index contributed by atoms with van der Waals surface area (Å²) in [5, 5.41) is 11.4. The Hall–Kier alpha value is -2.59. The van der Waals surface area contributed by atoms with Gasteiger partial charge < -0.3 is 16.2 Å². The predicted molar refractivity (Wildman–Crippen MR) is 64.1 cm³/mol. The molecule has 2 amide bonds. The number of nitrogens with one attached hydrogen (secondary N) is 3. The summed E-state index contributed by atoms with van der Waals surface area (Å²) in [6.45, 7) is 0.256. The molecule has 10 nitrogen and oxygen atoms in total. The Morgan fingerprint density at radius 3 is 2.55 bits per heavy atom. The summed E-state index contributed by atoms with van der Waals surface area (Å²) in [7, 11) is 0. The fraction of sp³-hybridized carbons (Fsp3) is 0.300. The molecule has 0 bridgehead atoms. The van der Waals surface area contributed by atoms with Gasteiger partial charge in [0.2, 0.25) is 5.91 Å². The zero-order chi connectivity index (χ0) is 14.7. The Labute approximate surface area is 112 Å². The van der Waals surface area contributed by atoms with Gasteiger partial charge in [-0.15, -0.1) is 0 Å². The Kier molecular flexibility index (Phi) is 3.86. The molecule has 0 aliphatic carbocycles. The fourth-order valence-corrected chi connectivity index (χ4v) is 1.77. The lowest BCUT2D eigenvalue weighted by atomic mass is 10.1. The Bertz CT molecular complexity index is 562. The van der Waals surface area contributed by atoms with E-state index in [1.165, 1.54) is 12.4 Å². The number of hydrazine groups is 1. The highest BCUT2D eigenvalue weighted by Crippen LogP contribution is 2.07. The number of hydrogen-bond donors (Lipinski definition) is 5. The Balaban J connectivity index is 2.17. The Morgan fingerprint density at radius 1 is 1.30 bits per heavy atom. The normalized spacial score (nSPS) is 21.4. The van der Waals surface area contributed by atoms with Crippen molar-refractivity contribution in [3.63, 3.8) is 0 Å². The molecule has 2 heterocycles. The minimum Gasteiger partial charge on any atom is -0.476 e. The molecule has 1 aliphatic heterocycles. The van der Waals surface area contributed by atoms with Crippen LogP contribution < -0.4 is 21.9 Å². The van der Waals surface area contributed by atoms with E-state index < -0.39 is 35.6 Å². The molecule has 1 aromatic rings. The summed E-state index contributed by atoms with van der Waals surface area (Å²) in [5.41, 5.74) is 9.73. The van der Waals surface area contributed by atoms with Crippen molar-refractivity contribution >= 4 is 17.8 Å². The van der Waals surface area contributed by atoms with Crippen LogP contribution in [0.2, 0.25) is 0 Å². The van der Waals surface area contributed by atoms with E-state index >= 15 is 0 Å². The molecule has 20 heavy (non-hydrogen) atoms. The maximum absolute atomic E-state index is 12.0. The van der Waals surface area contributed by atoms with Crippen LogP contribution >= 0.6 is 0 Å². The molecule has 1 aliphatic rings. The first kappa shape index (κ1) is 13.8. The van der Waals surface area contributed by atoms with Gasteiger partial charge in [0.15, 0.2) is 11.4 Å². The molecule has 0 radical (unpaired) electrons. The molecular formula is C10H12N6O4. The van der Waals surface area contributed by atoms with Gasteiger partial charge in [0, 0.05) is 18.9 Å². The van der Waals surface area contributed by atoms with Crippen LogP contribution in [0.15, 0.2) is 12.4 Å². The monoisotopic (exact) mass is 280 g/mol. The maximum Gasteiger partial charge on any atom is 0.356 e. The van der Waals surface area contributed by atoms with Crippen molar-refractivity contribution in [1.82, 2.24) is 26.1 Å². The molecular weight excluding hydrogens is 268 g/mol. The van der Waals surface area contributed by atoms with Gasteiger partial charge in [-0.3, -0.25) is 15.0 Å². The lowest BCUT2D eigenvalue weighted by Gasteiger charge is -2.17. The van der Waals surface area contributed by atoms with Crippen molar-refractivity contribution in [3.8, 4) is 0 Å². The van der Waals surface area contributed by atoms with E-state index in [1.807, 2.05) is 0 Å². The van der Waals surface area contributed by atoms with Crippen molar-refractivity contribution in [1.29, 1.82) is 0 Å². The van der Waals surface area contributed by atoms with Crippen molar-refractivity contribution in [2.24, 2.45) is 11.7 Å². The number of hydrogen-bond acceptors (Lipinski definition) is 7. The number of aromatic carboxylic acids is 1. The van der Waals surface area contributed by atoms with E-state index in [0.29, 0.717) is 0 Å². The average molecular weight is 280 g/mol. The van der Waals surface area contributed by atoms with Crippen LogP contribution in [0.4, 0.5) is 0 Å². The highest BCUT2D eigenvalue weighted by atomic mass is 16.4. The lowest BCUT2D eigenvalue weighted by molar-refractivity contribution is -0.121. The zero-order valence-electron chi connectivity index (χ0n) is 10.2. The van der Waals surface area contributed by atoms with E-state index in [1.54, 1.807) is 0 Å². The van der Waals surface area contributed by atoms with Gasteiger partial charge in [-0.2, -0.15) is 0 Å². The number of amides is 2.